The molecule has 1 atom stereocenters. The van der Waals surface area contributed by atoms with Gasteiger partial charge in [0.2, 0.25) is 0 Å². The minimum absolute atomic E-state index is 0.0487. The number of hydrogen-bond donors (Lipinski definition) is 2. The molecule has 1 rings (SSSR count). The molecule has 1 aromatic rings. The van der Waals surface area contributed by atoms with E-state index in [1.165, 1.54) is 0 Å². The summed E-state index contributed by atoms with van der Waals surface area (Å²) in [6, 6.07) is 1.03. The number of aromatic nitrogens is 1. The van der Waals surface area contributed by atoms with Gasteiger partial charge in [-0.1, -0.05) is 6.92 Å². The van der Waals surface area contributed by atoms with E-state index < -0.39 is 11.7 Å². The first kappa shape index (κ1) is 12.6. The van der Waals surface area contributed by atoms with Gasteiger partial charge in [-0.05, 0) is 19.4 Å². The lowest BCUT2D eigenvalue weighted by Gasteiger charge is -2.16. The Labute approximate surface area is 91.9 Å². The molecular formula is C10H14F3N3. The Kier molecular flexibility index (Phi) is 3.62. The first-order valence-electron chi connectivity index (χ1n) is 4.93. The van der Waals surface area contributed by atoms with E-state index in [-0.39, 0.29) is 17.5 Å². The van der Waals surface area contributed by atoms with Crippen LogP contribution in [-0.4, -0.2) is 11.0 Å². The number of nitrogen functional groups attached to an aromatic ring is 1. The van der Waals surface area contributed by atoms with Crippen LogP contribution in [0.15, 0.2) is 12.3 Å². The summed E-state index contributed by atoms with van der Waals surface area (Å²) in [5, 5.41) is 2.88. The molecule has 0 amide bonds. The highest BCUT2D eigenvalue weighted by molar-refractivity contribution is 5.63. The van der Waals surface area contributed by atoms with Crippen LogP contribution in [0, 0.1) is 0 Å². The number of pyridine rings is 1. The lowest BCUT2D eigenvalue weighted by atomic mass is 10.2. The van der Waals surface area contributed by atoms with Gasteiger partial charge in [-0.25, -0.2) is 4.98 Å². The minimum atomic E-state index is -4.40. The molecule has 0 aliphatic heterocycles. The summed E-state index contributed by atoms with van der Waals surface area (Å²) < 4.78 is 37.2. The van der Waals surface area contributed by atoms with Crippen molar-refractivity contribution in [3.05, 3.63) is 17.8 Å². The molecule has 6 heteroatoms. The van der Waals surface area contributed by atoms with Crippen molar-refractivity contribution < 1.29 is 13.2 Å². The van der Waals surface area contributed by atoms with Crippen LogP contribution in [0.1, 0.15) is 25.8 Å². The Morgan fingerprint density at radius 1 is 1.50 bits per heavy atom. The maximum atomic E-state index is 12.4. The molecule has 3 N–H and O–H groups in total. The molecule has 1 aromatic heterocycles. The van der Waals surface area contributed by atoms with E-state index in [2.05, 4.69) is 10.3 Å². The average Bonchev–Trinajstić information content (AvgIpc) is 2.19. The van der Waals surface area contributed by atoms with Crippen molar-refractivity contribution in [2.75, 3.05) is 11.1 Å². The summed E-state index contributed by atoms with van der Waals surface area (Å²) >= 11 is 0. The van der Waals surface area contributed by atoms with Gasteiger partial charge in [0, 0.05) is 12.2 Å². The van der Waals surface area contributed by atoms with Crippen LogP contribution in [-0.2, 0) is 6.18 Å². The molecule has 0 bridgehead atoms. The van der Waals surface area contributed by atoms with Crippen LogP contribution in [0.2, 0.25) is 0 Å². The van der Waals surface area contributed by atoms with Crippen molar-refractivity contribution in [3.8, 4) is 0 Å². The molecule has 0 saturated carbocycles. The van der Waals surface area contributed by atoms with E-state index in [0.29, 0.717) is 0 Å². The number of anilines is 2. The summed E-state index contributed by atoms with van der Waals surface area (Å²) in [7, 11) is 0. The van der Waals surface area contributed by atoms with Gasteiger partial charge in [-0.15, -0.1) is 0 Å². The Bertz CT molecular complexity index is 363. The molecule has 1 unspecified atom stereocenters. The predicted molar refractivity (Wildman–Crippen MR) is 57.0 cm³/mol. The van der Waals surface area contributed by atoms with Gasteiger partial charge in [0.15, 0.2) is 0 Å². The summed E-state index contributed by atoms with van der Waals surface area (Å²) in [6.07, 6.45) is -2.88. The molecule has 3 nitrogen and oxygen atoms in total. The molecule has 1 heterocycles. The maximum absolute atomic E-state index is 12.4. The second-order valence-corrected chi connectivity index (χ2v) is 3.61. The van der Waals surface area contributed by atoms with Crippen LogP contribution in [0.5, 0.6) is 0 Å². The van der Waals surface area contributed by atoms with Crippen molar-refractivity contribution in [2.45, 2.75) is 32.5 Å². The third-order valence-corrected chi connectivity index (χ3v) is 2.26. The third-order valence-electron chi connectivity index (χ3n) is 2.26. The second kappa shape index (κ2) is 4.59. The first-order chi connectivity index (χ1) is 7.34. The zero-order valence-corrected chi connectivity index (χ0v) is 9.10. The average molecular weight is 233 g/mol. The largest absolute Gasteiger partial charge is 0.417 e. The minimum Gasteiger partial charge on any atom is -0.382 e. The number of nitrogens with zero attached hydrogens (tertiary/aromatic N) is 1. The quantitative estimate of drug-likeness (QED) is 0.844. The Hall–Kier alpha value is -1.46. The Morgan fingerprint density at radius 3 is 2.62 bits per heavy atom. The van der Waals surface area contributed by atoms with Crippen LogP contribution in [0.3, 0.4) is 0 Å². The fraction of sp³-hybridized carbons (Fsp3) is 0.500. The molecule has 0 radical (unpaired) electrons. The van der Waals surface area contributed by atoms with E-state index in [1.54, 1.807) is 0 Å². The number of rotatable bonds is 3. The van der Waals surface area contributed by atoms with E-state index in [0.717, 1.165) is 18.7 Å². The summed E-state index contributed by atoms with van der Waals surface area (Å²) in [5.41, 5.74) is 4.92. The molecule has 90 valence electrons. The maximum Gasteiger partial charge on any atom is 0.417 e. The molecule has 0 aromatic carbocycles. The highest BCUT2D eigenvalue weighted by atomic mass is 19.4. The van der Waals surface area contributed by atoms with E-state index >= 15 is 0 Å². The Morgan fingerprint density at radius 2 is 2.12 bits per heavy atom. The van der Waals surface area contributed by atoms with E-state index in [1.807, 2.05) is 13.8 Å². The highest BCUT2D eigenvalue weighted by Gasteiger charge is 2.31. The molecule has 0 spiro atoms. The fourth-order valence-electron chi connectivity index (χ4n) is 1.11. The highest BCUT2D eigenvalue weighted by Crippen LogP contribution is 2.31. The van der Waals surface area contributed by atoms with Crippen LogP contribution in [0.25, 0.3) is 0 Å². The van der Waals surface area contributed by atoms with Gasteiger partial charge in [0.25, 0.3) is 0 Å². The van der Waals surface area contributed by atoms with Gasteiger partial charge in [0.1, 0.15) is 5.82 Å². The number of nitrogens with two attached hydrogens (primary N) is 1. The topological polar surface area (TPSA) is 50.9 Å². The van der Waals surface area contributed by atoms with Crippen molar-refractivity contribution in [1.29, 1.82) is 0 Å². The third kappa shape index (κ3) is 3.01. The van der Waals surface area contributed by atoms with Crippen LogP contribution >= 0.6 is 0 Å². The molecule has 0 aliphatic carbocycles. The standard InChI is InChI=1S/C10H14F3N3/c1-3-6(2)16-8-4-7(10(11,12)13)5-15-9(8)14/h4-6,16H,3H2,1-2H3,(H2,14,15). The van der Waals surface area contributed by atoms with Crippen molar-refractivity contribution in [2.24, 2.45) is 0 Å². The fourth-order valence-corrected chi connectivity index (χ4v) is 1.11. The lowest BCUT2D eigenvalue weighted by molar-refractivity contribution is -0.137. The van der Waals surface area contributed by atoms with Crippen molar-refractivity contribution >= 4 is 11.5 Å². The monoisotopic (exact) mass is 233 g/mol. The van der Waals surface area contributed by atoms with Crippen molar-refractivity contribution in [1.82, 2.24) is 4.98 Å². The van der Waals surface area contributed by atoms with E-state index in [4.69, 9.17) is 5.73 Å². The van der Waals surface area contributed by atoms with Gasteiger partial charge in [-0.3, -0.25) is 0 Å². The summed E-state index contributed by atoms with van der Waals surface area (Å²) in [5.74, 6) is 0.0771. The predicted octanol–water partition coefficient (Wildman–Crippen LogP) is 2.89. The van der Waals surface area contributed by atoms with Gasteiger partial charge in [0.05, 0.1) is 11.3 Å². The molecule has 16 heavy (non-hydrogen) atoms. The number of halogens is 3. The molecular weight excluding hydrogens is 219 g/mol. The molecule has 0 aliphatic rings. The second-order valence-electron chi connectivity index (χ2n) is 3.61. The van der Waals surface area contributed by atoms with Gasteiger partial charge in [-0.2, -0.15) is 13.2 Å². The molecule has 0 fully saturated rings. The zero-order valence-electron chi connectivity index (χ0n) is 9.10. The molecule has 0 saturated heterocycles. The SMILES string of the molecule is CCC(C)Nc1cc(C(F)(F)F)cnc1N. The number of nitrogens with one attached hydrogen (secondary N) is 1. The smallest absolute Gasteiger partial charge is 0.382 e. The van der Waals surface area contributed by atoms with Gasteiger partial charge < -0.3 is 11.1 Å². The van der Waals surface area contributed by atoms with Crippen LogP contribution in [0.4, 0.5) is 24.7 Å². The normalized spacial score (nSPS) is 13.6. The summed E-state index contributed by atoms with van der Waals surface area (Å²) in [4.78, 5) is 3.53. The number of hydrogen-bond acceptors (Lipinski definition) is 3. The Balaban J connectivity index is 3.00. The lowest BCUT2D eigenvalue weighted by Crippen LogP contribution is -2.16. The summed E-state index contributed by atoms with van der Waals surface area (Å²) in [6.45, 7) is 3.79. The first-order valence-corrected chi connectivity index (χ1v) is 4.93. The van der Waals surface area contributed by atoms with Crippen molar-refractivity contribution in [3.63, 3.8) is 0 Å². The number of alkyl halides is 3. The van der Waals surface area contributed by atoms with E-state index in [9.17, 15) is 13.2 Å². The van der Waals surface area contributed by atoms with Crippen LogP contribution < -0.4 is 11.1 Å². The zero-order chi connectivity index (χ0) is 12.3. The van der Waals surface area contributed by atoms with Gasteiger partial charge >= 0.3 is 6.18 Å².